The number of carbonyl (C=O) groups excluding carboxylic acids is 1. The SMILES string of the molecule is CCCN(CC1CC1)S(=O)(=O)c1ccc(C(=O)N[C@H](C(=O)O)C(C)C)cc1. The van der Waals surface area contributed by atoms with Crippen LogP contribution in [-0.2, 0) is 14.8 Å². The van der Waals surface area contributed by atoms with Gasteiger partial charge in [-0.3, -0.25) is 4.79 Å². The number of aliphatic carboxylic acids is 1. The van der Waals surface area contributed by atoms with E-state index in [1.165, 1.54) is 28.6 Å². The molecular weight excluding hydrogens is 368 g/mol. The number of carboxylic acids is 1. The van der Waals surface area contributed by atoms with Crippen LogP contribution in [0, 0.1) is 11.8 Å². The molecule has 1 aliphatic carbocycles. The van der Waals surface area contributed by atoms with Gasteiger partial charge in [0.2, 0.25) is 10.0 Å². The van der Waals surface area contributed by atoms with Gasteiger partial charge in [0.25, 0.3) is 5.91 Å². The Hall–Kier alpha value is -1.93. The summed E-state index contributed by atoms with van der Waals surface area (Å²) in [6, 6.07) is 4.65. The van der Waals surface area contributed by atoms with Gasteiger partial charge in [0.05, 0.1) is 4.90 Å². The lowest BCUT2D eigenvalue weighted by Crippen LogP contribution is -2.44. The van der Waals surface area contributed by atoms with E-state index in [0.717, 1.165) is 19.3 Å². The minimum Gasteiger partial charge on any atom is -0.480 e. The first-order valence-corrected chi connectivity index (χ1v) is 10.7. The number of benzene rings is 1. The average molecular weight is 397 g/mol. The Morgan fingerprint density at radius 2 is 1.81 bits per heavy atom. The van der Waals surface area contributed by atoms with Crippen LogP contribution in [0.25, 0.3) is 0 Å². The molecular formula is C19H28N2O5S. The Morgan fingerprint density at radius 3 is 2.26 bits per heavy atom. The lowest BCUT2D eigenvalue weighted by Gasteiger charge is -2.22. The molecule has 0 spiro atoms. The summed E-state index contributed by atoms with van der Waals surface area (Å²) >= 11 is 0. The van der Waals surface area contributed by atoms with Crippen molar-refractivity contribution in [3.63, 3.8) is 0 Å². The number of nitrogens with zero attached hydrogens (tertiary/aromatic N) is 1. The van der Waals surface area contributed by atoms with Crippen LogP contribution < -0.4 is 5.32 Å². The number of hydrogen-bond donors (Lipinski definition) is 2. The second-order valence-electron chi connectivity index (χ2n) is 7.36. The molecule has 27 heavy (non-hydrogen) atoms. The molecule has 8 heteroatoms. The fraction of sp³-hybridized carbons (Fsp3) is 0.579. The maximum Gasteiger partial charge on any atom is 0.326 e. The molecule has 0 unspecified atom stereocenters. The first kappa shape index (κ1) is 21.4. The number of hydrogen-bond acceptors (Lipinski definition) is 4. The predicted octanol–water partition coefficient (Wildman–Crippen LogP) is 2.34. The lowest BCUT2D eigenvalue weighted by molar-refractivity contribution is -0.140. The van der Waals surface area contributed by atoms with Crippen LogP contribution in [0.5, 0.6) is 0 Å². The van der Waals surface area contributed by atoms with E-state index >= 15 is 0 Å². The Morgan fingerprint density at radius 1 is 1.22 bits per heavy atom. The highest BCUT2D eigenvalue weighted by molar-refractivity contribution is 7.89. The summed E-state index contributed by atoms with van der Waals surface area (Å²) < 4.78 is 27.3. The van der Waals surface area contributed by atoms with Gasteiger partial charge in [-0.05, 0) is 55.4 Å². The van der Waals surface area contributed by atoms with Crippen LogP contribution in [0.2, 0.25) is 0 Å². The summed E-state index contributed by atoms with van der Waals surface area (Å²) in [4.78, 5) is 23.6. The van der Waals surface area contributed by atoms with Crippen molar-refractivity contribution >= 4 is 21.9 Å². The standard InChI is InChI=1S/C19H28N2O5S/c1-4-11-21(12-14-5-6-14)27(25,26)16-9-7-15(8-10-16)18(22)20-17(13(2)3)19(23)24/h7-10,13-14,17H,4-6,11-12H2,1-3H3,(H,20,22)(H,23,24)/t17-/m0/s1. The molecule has 0 aromatic heterocycles. The molecule has 1 aliphatic rings. The van der Waals surface area contributed by atoms with Crippen molar-refractivity contribution in [3.8, 4) is 0 Å². The molecule has 150 valence electrons. The molecule has 0 aliphatic heterocycles. The van der Waals surface area contributed by atoms with E-state index in [9.17, 15) is 23.1 Å². The summed E-state index contributed by atoms with van der Waals surface area (Å²) in [7, 11) is -3.60. The third-order valence-electron chi connectivity index (χ3n) is 4.61. The summed E-state index contributed by atoms with van der Waals surface area (Å²) in [5, 5.41) is 11.6. The van der Waals surface area contributed by atoms with E-state index in [1.807, 2.05) is 6.92 Å². The number of carboxylic acid groups (broad SMARTS) is 1. The van der Waals surface area contributed by atoms with Gasteiger partial charge in [-0.25, -0.2) is 13.2 Å². The molecule has 0 heterocycles. The fourth-order valence-electron chi connectivity index (χ4n) is 2.81. The van der Waals surface area contributed by atoms with Gasteiger partial charge in [0.15, 0.2) is 0 Å². The monoisotopic (exact) mass is 396 g/mol. The Bertz CT molecular complexity index is 770. The summed E-state index contributed by atoms with van der Waals surface area (Å²) in [6.45, 7) is 6.35. The van der Waals surface area contributed by atoms with Crippen LogP contribution in [-0.4, -0.2) is 48.8 Å². The molecule has 1 fully saturated rings. The van der Waals surface area contributed by atoms with E-state index in [1.54, 1.807) is 13.8 Å². The zero-order chi connectivity index (χ0) is 20.2. The van der Waals surface area contributed by atoms with Crippen molar-refractivity contribution in [2.75, 3.05) is 13.1 Å². The lowest BCUT2D eigenvalue weighted by atomic mass is 10.0. The maximum absolute atomic E-state index is 12.9. The molecule has 1 aromatic rings. The van der Waals surface area contributed by atoms with E-state index in [2.05, 4.69) is 5.32 Å². The fourth-order valence-corrected chi connectivity index (χ4v) is 4.42. The summed E-state index contributed by atoms with van der Waals surface area (Å²) in [5.41, 5.74) is 0.227. The Balaban J connectivity index is 2.15. The van der Waals surface area contributed by atoms with Crippen LogP contribution in [0.4, 0.5) is 0 Å². The molecule has 1 amide bonds. The first-order chi connectivity index (χ1) is 12.7. The maximum atomic E-state index is 12.9. The second kappa shape index (κ2) is 8.84. The number of nitrogens with one attached hydrogen (secondary N) is 1. The van der Waals surface area contributed by atoms with Crippen molar-refractivity contribution in [1.29, 1.82) is 0 Å². The molecule has 7 nitrogen and oxygen atoms in total. The summed E-state index contributed by atoms with van der Waals surface area (Å²) in [6.07, 6.45) is 2.86. The molecule has 0 radical (unpaired) electrons. The average Bonchev–Trinajstić information content (AvgIpc) is 3.42. The molecule has 0 bridgehead atoms. The highest BCUT2D eigenvalue weighted by Crippen LogP contribution is 2.31. The van der Waals surface area contributed by atoms with Crippen molar-refractivity contribution in [2.24, 2.45) is 11.8 Å². The van der Waals surface area contributed by atoms with Crippen LogP contribution in [0.15, 0.2) is 29.2 Å². The minimum absolute atomic E-state index is 0.145. The highest BCUT2D eigenvalue weighted by atomic mass is 32.2. The van der Waals surface area contributed by atoms with E-state index < -0.39 is 27.9 Å². The van der Waals surface area contributed by atoms with E-state index in [-0.39, 0.29) is 16.4 Å². The normalized spacial score (nSPS) is 15.7. The predicted molar refractivity (Wildman–Crippen MR) is 102 cm³/mol. The third kappa shape index (κ3) is 5.52. The third-order valence-corrected chi connectivity index (χ3v) is 6.48. The van der Waals surface area contributed by atoms with Gasteiger partial charge in [0.1, 0.15) is 6.04 Å². The van der Waals surface area contributed by atoms with Gasteiger partial charge in [-0.15, -0.1) is 0 Å². The molecule has 0 saturated heterocycles. The second-order valence-corrected chi connectivity index (χ2v) is 9.30. The van der Waals surface area contributed by atoms with Gasteiger partial charge in [0, 0.05) is 18.7 Å². The summed E-state index contributed by atoms with van der Waals surface area (Å²) in [5.74, 6) is -1.47. The van der Waals surface area contributed by atoms with Crippen molar-refractivity contribution in [3.05, 3.63) is 29.8 Å². The number of carbonyl (C=O) groups is 2. The van der Waals surface area contributed by atoms with Crippen LogP contribution in [0.3, 0.4) is 0 Å². The minimum atomic E-state index is -3.60. The van der Waals surface area contributed by atoms with Gasteiger partial charge >= 0.3 is 5.97 Å². The molecule has 1 saturated carbocycles. The molecule has 1 aromatic carbocycles. The van der Waals surface area contributed by atoms with E-state index in [4.69, 9.17) is 0 Å². The quantitative estimate of drug-likeness (QED) is 0.632. The topological polar surface area (TPSA) is 104 Å². The largest absolute Gasteiger partial charge is 0.480 e. The number of sulfonamides is 1. The zero-order valence-electron chi connectivity index (χ0n) is 16.0. The first-order valence-electron chi connectivity index (χ1n) is 9.30. The highest BCUT2D eigenvalue weighted by Gasteiger charge is 2.31. The van der Waals surface area contributed by atoms with E-state index in [0.29, 0.717) is 19.0 Å². The van der Waals surface area contributed by atoms with Crippen molar-refractivity contribution in [2.45, 2.75) is 51.0 Å². The van der Waals surface area contributed by atoms with Crippen molar-refractivity contribution < 1.29 is 23.1 Å². The molecule has 2 N–H and O–H groups in total. The van der Waals surface area contributed by atoms with Gasteiger partial charge in [-0.1, -0.05) is 20.8 Å². The van der Waals surface area contributed by atoms with Crippen LogP contribution in [0.1, 0.15) is 50.4 Å². The van der Waals surface area contributed by atoms with Gasteiger partial charge < -0.3 is 10.4 Å². The van der Waals surface area contributed by atoms with Crippen LogP contribution >= 0.6 is 0 Å². The number of rotatable bonds is 10. The van der Waals surface area contributed by atoms with Crippen molar-refractivity contribution in [1.82, 2.24) is 9.62 Å². The smallest absolute Gasteiger partial charge is 0.326 e. The number of amides is 1. The molecule has 2 rings (SSSR count). The van der Waals surface area contributed by atoms with Gasteiger partial charge in [-0.2, -0.15) is 4.31 Å². The molecule has 1 atom stereocenters. The Kier molecular flexibility index (Phi) is 7.00. The Labute approximate surface area is 160 Å². The zero-order valence-corrected chi connectivity index (χ0v) is 16.8.